The van der Waals surface area contributed by atoms with Crippen LogP contribution in [0.3, 0.4) is 0 Å². The van der Waals surface area contributed by atoms with Crippen LogP contribution in [-0.4, -0.2) is 53.1 Å². The molecule has 6 nitrogen and oxygen atoms in total. The minimum Gasteiger partial charge on any atom is -0.364 e. The Morgan fingerprint density at radius 1 is 1.53 bits per heavy atom. The van der Waals surface area contributed by atoms with Crippen LogP contribution in [0.15, 0.2) is 16.9 Å². The Balaban J connectivity index is 1.92. The molecule has 6 heteroatoms. The van der Waals surface area contributed by atoms with E-state index in [1.165, 1.54) is 6.26 Å². The normalized spacial score (nSPS) is 18.7. The molecule has 0 spiro atoms. The van der Waals surface area contributed by atoms with Gasteiger partial charge in [-0.25, -0.2) is 0 Å². The smallest absolute Gasteiger partial charge is 0.276 e. The second-order valence-corrected chi connectivity index (χ2v) is 4.02. The Kier molecular flexibility index (Phi) is 3.40. The van der Waals surface area contributed by atoms with Gasteiger partial charge in [0.1, 0.15) is 6.26 Å². The minimum atomic E-state index is -0.108. The Morgan fingerprint density at radius 3 is 2.76 bits per heavy atom. The molecule has 1 aromatic rings. The molecular weight excluding hydrogens is 220 g/mol. The van der Waals surface area contributed by atoms with Crippen molar-refractivity contribution in [2.45, 2.75) is 13.0 Å². The topological polar surface area (TPSA) is 73.4 Å². The summed E-state index contributed by atoms with van der Waals surface area (Å²) in [4.78, 5) is 15.7. The first kappa shape index (κ1) is 11.6. The highest BCUT2D eigenvalue weighted by Crippen LogP contribution is 2.09. The van der Waals surface area contributed by atoms with Gasteiger partial charge in [-0.05, 0) is 6.92 Å². The molecule has 1 aromatic heterocycles. The first-order chi connectivity index (χ1) is 8.22. The van der Waals surface area contributed by atoms with Gasteiger partial charge in [0.05, 0.1) is 12.1 Å². The maximum atomic E-state index is 11.9. The molecule has 17 heavy (non-hydrogen) atoms. The highest BCUT2D eigenvalue weighted by atomic mass is 16.5. The Bertz CT molecular complexity index is 415. The Morgan fingerprint density at radius 2 is 2.24 bits per heavy atom. The maximum Gasteiger partial charge on any atom is 0.276 e. The molecule has 1 aliphatic heterocycles. The van der Waals surface area contributed by atoms with E-state index in [1.807, 2.05) is 6.92 Å². The summed E-state index contributed by atoms with van der Waals surface area (Å²) in [6.45, 7) is 4.56. The molecule has 0 N–H and O–H groups in total. The lowest BCUT2D eigenvalue weighted by atomic mass is 10.2. The number of aromatic nitrogens is 1. The van der Waals surface area contributed by atoms with E-state index in [1.54, 1.807) is 11.0 Å². The zero-order valence-corrected chi connectivity index (χ0v) is 9.67. The fraction of sp³-hybridized carbons (Fsp3) is 0.545. The lowest BCUT2D eigenvalue weighted by Gasteiger charge is -2.35. The van der Waals surface area contributed by atoms with Crippen molar-refractivity contribution in [3.63, 3.8) is 0 Å². The van der Waals surface area contributed by atoms with E-state index in [2.05, 4.69) is 20.6 Å². The minimum absolute atomic E-state index is 0.0979. The largest absolute Gasteiger partial charge is 0.364 e. The zero-order chi connectivity index (χ0) is 12.3. The maximum absolute atomic E-state index is 11.9. The molecule has 0 aliphatic carbocycles. The van der Waals surface area contributed by atoms with Gasteiger partial charge in [0, 0.05) is 32.2 Å². The molecule has 0 saturated carbocycles. The summed E-state index contributed by atoms with van der Waals surface area (Å²) in [5.74, 6) is -0.108. The van der Waals surface area contributed by atoms with Crippen LogP contribution in [0.5, 0.6) is 0 Å². The third kappa shape index (κ3) is 2.45. The van der Waals surface area contributed by atoms with Crippen molar-refractivity contribution in [3.8, 4) is 6.07 Å². The molecular formula is C11H14N4O2. The first-order valence-electron chi connectivity index (χ1n) is 5.55. The van der Waals surface area contributed by atoms with Crippen LogP contribution >= 0.6 is 0 Å². The van der Waals surface area contributed by atoms with E-state index >= 15 is 0 Å². The van der Waals surface area contributed by atoms with Crippen molar-refractivity contribution in [1.29, 1.82) is 5.26 Å². The molecule has 1 saturated heterocycles. The molecule has 0 aromatic carbocycles. The number of hydrogen-bond acceptors (Lipinski definition) is 5. The second kappa shape index (κ2) is 4.97. The fourth-order valence-electron chi connectivity index (χ4n) is 1.88. The number of hydrogen-bond donors (Lipinski definition) is 0. The van der Waals surface area contributed by atoms with E-state index in [4.69, 9.17) is 5.26 Å². The molecule has 2 heterocycles. The molecule has 1 amide bonds. The van der Waals surface area contributed by atoms with Crippen LogP contribution in [0.25, 0.3) is 0 Å². The third-order valence-electron chi connectivity index (χ3n) is 2.99. The van der Waals surface area contributed by atoms with E-state index in [-0.39, 0.29) is 11.9 Å². The van der Waals surface area contributed by atoms with Crippen LogP contribution in [0.4, 0.5) is 0 Å². The molecule has 1 aliphatic rings. The Labute approximate surface area is 99.4 Å². The number of nitriles is 1. The summed E-state index contributed by atoms with van der Waals surface area (Å²) in [7, 11) is 0. The highest BCUT2D eigenvalue weighted by molar-refractivity contribution is 5.92. The van der Waals surface area contributed by atoms with Crippen molar-refractivity contribution in [1.82, 2.24) is 15.0 Å². The van der Waals surface area contributed by atoms with Gasteiger partial charge in [-0.3, -0.25) is 9.69 Å². The third-order valence-corrected chi connectivity index (χ3v) is 2.99. The van der Waals surface area contributed by atoms with Crippen LogP contribution in [0, 0.1) is 11.3 Å². The van der Waals surface area contributed by atoms with Gasteiger partial charge < -0.3 is 9.42 Å². The number of amides is 1. The van der Waals surface area contributed by atoms with Gasteiger partial charge in [0.15, 0.2) is 5.69 Å². The Hall–Kier alpha value is -1.87. The molecule has 1 atom stereocenters. The van der Waals surface area contributed by atoms with Crippen LogP contribution < -0.4 is 0 Å². The van der Waals surface area contributed by atoms with Crippen molar-refractivity contribution >= 4 is 5.91 Å². The molecule has 1 unspecified atom stereocenters. The quantitative estimate of drug-likeness (QED) is 0.738. The van der Waals surface area contributed by atoms with Gasteiger partial charge in [0.2, 0.25) is 0 Å². The average molecular weight is 234 g/mol. The van der Waals surface area contributed by atoms with Crippen molar-refractivity contribution < 1.29 is 9.32 Å². The average Bonchev–Trinajstić information content (AvgIpc) is 2.91. The van der Waals surface area contributed by atoms with E-state index in [0.29, 0.717) is 18.8 Å². The summed E-state index contributed by atoms with van der Waals surface area (Å²) >= 11 is 0. The predicted molar refractivity (Wildman–Crippen MR) is 59.1 cm³/mol. The zero-order valence-electron chi connectivity index (χ0n) is 9.67. The standard InChI is InChI=1S/C11H14N4O2/c1-9(8-12)14-3-5-15(6-4-14)11(16)10-2-7-17-13-10/h2,7,9H,3-6H2,1H3. The molecule has 1 fully saturated rings. The number of nitrogens with zero attached hydrogens (tertiary/aromatic N) is 4. The van der Waals surface area contributed by atoms with Gasteiger partial charge in [0.25, 0.3) is 5.91 Å². The molecule has 0 radical (unpaired) electrons. The number of rotatable bonds is 2. The molecule has 90 valence electrons. The highest BCUT2D eigenvalue weighted by Gasteiger charge is 2.25. The number of carbonyl (C=O) groups excluding carboxylic acids is 1. The number of piperazine rings is 1. The first-order valence-corrected chi connectivity index (χ1v) is 5.55. The molecule has 0 bridgehead atoms. The second-order valence-electron chi connectivity index (χ2n) is 4.02. The van der Waals surface area contributed by atoms with Gasteiger partial charge in [-0.2, -0.15) is 5.26 Å². The predicted octanol–water partition coefficient (Wildman–Crippen LogP) is 0.344. The summed E-state index contributed by atoms with van der Waals surface area (Å²) in [5.41, 5.74) is 0.340. The van der Waals surface area contributed by atoms with Crippen LogP contribution in [0.1, 0.15) is 17.4 Å². The summed E-state index contributed by atoms with van der Waals surface area (Å²) in [6.07, 6.45) is 1.39. The van der Waals surface area contributed by atoms with E-state index in [9.17, 15) is 4.79 Å². The lowest BCUT2D eigenvalue weighted by molar-refractivity contribution is 0.0606. The lowest BCUT2D eigenvalue weighted by Crippen LogP contribution is -2.51. The van der Waals surface area contributed by atoms with Gasteiger partial charge in [-0.1, -0.05) is 5.16 Å². The van der Waals surface area contributed by atoms with Crippen molar-refractivity contribution in [2.24, 2.45) is 0 Å². The van der Waals surface area contributed by atoms with Gasteiger partial charge in [-0.15, -0.1) is 0 Å². The summed E-state index contributed by atoms with van der Waals surface area (Å²) in [6, 6.07) is 3.67. The van der Waals surface area contributed by atoms with Crippen molar-refractivity contribution in [2.75, 3.05) is 26.2 Å². The summed E-state index contributed by atoms with van der Waals surface area (Å²) < 4.78 is 4.65. The summed E-state index contributed by atoms with van der Waals surface area (Å²) in [5, 5.41) is 12.4. The van der Waals surface area contributed by atoms with E-state index in [0.717, 1.165) is 13.1 Å². The van der Waals surface area contributed by atoms with Crippen LogP contribution in [-0.2, 0) is 0 Å². The fourth-order valence-corrected chi connectivity index (χ4v) is 1.88. The van der Waals surface area contributed by atoms with Crippen molar-refractivity contribution in [3.05, 3.63) is 18.0 Å². The van der Waals surface area contributed by atoms with Gasteiger partial charge >= 0.3 is 0 Å². The SMILES string of the molecule is CC(C#N)N1CCN(C(=O)c2ccon2)CC1. The van der Waals surface area contributed by atoms with Crippen LogP contribution in [0.2, 0.25) is 0 Å². The van der Waals surface area contributed by atoms with E-state index < -0.39 is 0 Å². The monoisotopic (exact) mass is 234 g/mol. The molecule has 2 rings (SSSR count). The number of carbonyl (C=O) groups is 1.